The van der Waals surface area contributed by atoms with Gasteiger partial charge >= 0.3 is 0 Å². The lowest BCUT2D eigenvalue weighted by atomic mass is 10.5. The van der Waals surface area contributed by atoms with Gasteiger partial charge in [-0.15, -0.1) is 6.58 Å². The summed E-state index contributed by atoms with van der Waals surface area (Å²) in [5.41, 5.74) is 0. The Labute approximate surface area is 61.8 Å². The lowest BCUT2D eigenvalue weighted by Crippen LogP contribution is -1.96. The zero-order valence-electron chi connectivity index (χ0n) is 4.91. The Balaban J connectivity index is 2.64. The van der Waals surface area contributed by atoms with Crippen molar-refractivity contribution in [3.05, 3.63) is 24.3 Å². The van der Waals surface area contributed by atoms with Gasteiger partial charge in [0.25, 0.3) is 0 Å². The van der Waals surface area contributed by atoms with Crippen molar-refractivity contribution < 1.29 is 0 Å². The van der Waals surface area contributed by atoms with Gasteiger partial charge in [-0.1, -0.05) is 6.08 Å². The van der Waals surface area contributed by atoms with E-state index in [2.05, 4.69) is 11.6 Å². The van der Waals surface area contributed by atoms with E-state index in [1.54, 1.807) is 6.20 Å². The van der Waals surface area contributed by atoms with Crippen molar-refractivity contribution in [3.8, 4) is 0 Å². The molecule has 0 amide bonds. The fourth-order valence-electron chi connectivity index (χ4n) is 0.558. The molecule has 0 aliphatic carbocycles. The molecular weight excluding hydrogens is 150 g/mol. The summed E-state index contributed by atoms with van der Waals surface area (Å²) in [4.78, 5) is 4.08. The Kier molecular flexibility index (Phi) is 2.30. The van der Waals surface area contributed by atoms with Crippen molar-refractivity contribution in [2.75, 3.05) is 0 Å². The first-order chi connectivity index (χ1) is 4.34. The van der Waals surface area contributed by atoms with Crippen LogP contribution in [0.5, 0.6) is 0 Å². The molecule has 3 heteroatoms. The minimum atomic E-state index is -0.129. The Bertz CT molecular complexity index is 203. The topological polar surface area (TPSA) is 12.4 Å². The van der Waals surface area contributed by atoms with Crippen LogP contribution in [0.15, 0.2) is 29.3 Å². The molecule has 0 aromatic rings. The van der Waals surface area contributed by atoms with Crippen molar-refractivity contribution in [3.63, 3.8) is 0 Å². The summed E-state index contributed by atoms with van der Waals surface area (Å²) in [6.45, 7) is 3.61. The minimum Gasteiger partial charge on any atom is -0.253 e. The first-order valence-corrected chi connectivity index (χ1v) is 4.80. The lowest BCUT2D eigenvalue weighted by Gasteiger charge is -1.92. The van der Waals surface area contributed by atoms with Gasteiger partial charge in [-0.05, 0) is 26.1 Å². The number of aliphatic imine (C=N–C) groups is 1. The van der Waals surface area contributed by atoms with E-state index in [0.29, 0.717) is 0 Å². The van der Waals surface area contributed by atoms with Gasteiger partial charge in [-0.3, -0.25) is 4.99 Å². The number of hydrogen-bond acceptors (Lipinski definition) is 2. The van der Waals surface area contributed by atoms with Crippen LogP contribution < -0.4 is 0 Å². The third-order valence-electron chi connectivity index (χ3n) is 0.954. The number of hydrogen-bond donors (Lipinski definition) is 0. The molecule has 1 heterocycles. The highest BCUT2D eigenvalue weighted by Crippen LogP contribution is 2.04. The Morgan fingerprint density at radius 2 is 2.67 bits per heavy atom. The normalized spacial score (nSPS) is 24.0. The summed E-state index contributed by atoms with van der Waals surface area (Å²) in [6, 6.07) is 0. The van der Waals surface area contributed by atoms with Crippen molar-refractivity contribution >= 4 is 25.7 Å². The molecule has 48 valence electrons. The quantitative estimate of drug-likeness (QED) is 0.554. The third kappa shape index (κ3) is 1.56. The molecule has 0 spiro atoms. The molecule has 1 unspecified atom stereocenters. The van der Waals surface area contributed by atoms with Crippen LogP contribution in [0.25, 0.3) is 0 Å². The van der Waals surface area contributed by atoms with Gasteiger partial charge in [0.05, 0.1) is 5.04 Å². The first-order valence-electron chi connectivity index (χ1n) is 2.59. The summed E-state index contributed by atoms with van der Waals surface area (Å²) in [6.07, 6.45) is 4.44. The highest BCUT2D eigenvalue weighted by atomic mass is 32.8. The minimum absolute atomic E-state index is 0.129. The molecule has 0 radical (unpaired) electrons. The summed E-state index contributed by atoms with van der Waals surface area (Å²) in [5.74, 6) is 0. The second-order valence-electron chi connectivity index (χ2n) is 1.60. The van der Waals surface area contributed by atoms with E-state index in [4.69, 9.17) is 11.2 Å². The molecule has 0 saturated carbocycles. The van der Waals surface area contributed by atoms with Gasteiger partial charge in [-0.25, -0.2) is 0 Å². The van der Waals surface area contributed by atoms with Gasteiger partial charge in [0.2, 0.25) is 0 Å². The van der Waals surface area contributed by atoms with Crippen molar-refractivity contribution in [1.82, 2.24) is 0 Å². The van der Waals surface area contributed by atoms with Gasteiger partial charge < -0.3 is 0 Å². The van der Waals surface area contributed by atoms with Gasteiger partial charge in [0, 0.05) is 12.6 Å². The van der Waals surface area contributed by atoms with E-state index in [1.165, 1.54) is 0 Å². The molecule has 0 aromatic heterocycles. The number of nitrogens with zero attached hydrogens (tertiary/aromatic N) is 1. The smallest absolute Gasteiger partial charge is 0.0852 e. The maximum Gasteiger partial charge on any atom is 0.0852 e. The standard InChI is InChI=1S/C6H7NS2/c1-2-3-6-7-4-5-9(6)8/h2,4-5H,1,3H2. The fourth-order valence-corrected chi connectivity index (χ4v) is 1.82. The lowest BCUT2D eigenvalue weighted by molar-refractivity contribution is 1.48. The second-order valence-corrected chi connectivity index (χ2v) is 4.01. The summed E-state index contributed by atoms with van der Waals surface area (Å²) < 4.78 is 0. The molecule has 0 bridgehead atoms. The van der Waals surface area contributed by atoms with Gasteiger partial charge in [0.1, 0.15) is 0 Å². The zero-order chi connectivity index (χ0) is 6.69. The number of rotatable bonds is 2. The zero-order valence-corrected chi connectivity index (χ0v) is 6.54. The fraction of sp³-hybridized carbons (Fsp3) is 0.167. The van der Waals surface area contributed by atoms with Crippen molar-refractivity contribution in [2.24, 2.45) is 4.99 Å². The highest BCUT2D eigenvalue weighted by molar-refractivity contribution is 8.39. The van der Waals surface area contributed by atoms with Crippen LogP contribution in [0.3, 0.4) is 0 Å². The molecule has 0 N–H and O–H groups in total. The number of allylic oxidation sites excluding steroid dienone is 1. The van der Waals surface area contributed by atoms with E-state index >= 15 is 0 Å². The Hall–Kier alpha value is -0.280. The third-order valence-corrected chi connectivity index (χ3v) is 2.97. The maximum absolute atomic E-state index is 5.05. The SMILES string of the molecule is C=CCC1=NC=CS1=S. The van der Waals surface area contributed by atoms with Crippen LogP contribution in [0.4, 0.5) is 0 Å². The predicted octanol–water partition coefficient (Wildman–Crippen LogP) is 1.53. The molecule has 1 atom stereocenters. The first kappa shape index (κ1) is 6.83. The Morgan fingerprint density at radius 1 is 1.89 bits per heavy atom. The second kappa shape index (κ2) is 3.03. The molecule has 0 fully saturated rings. The average Bonchev–Trinajstić information content (AvgIpc) is 2.18. The summed E-state index contributed by atoms with van der Waals surface area (Å²) in [7, 11) is -0.129. The highest BCUT2D eigenvalue weighted by Gasteiger charge is 2.02. The van der Waals surface area contributed by atoms with Crippen LogP contribution in [-0.2, 0) is 20.6 Å². The van der Waals surface area contributed by atoms with E-state index in [9.17, 15) is 0 Å². The van der Waals surface area contributed by atoms with Crippen LogP contribution in [0.2, 0.25) is 0 Å². The molecule has 1 aliphatic heterocycles. The van der Waals surface area contributed by atoms with E-state index in [-0.39, 0.29) is 9.45 Å². The van der Waals surface area contributed by atoms with Crippen molar-refractivity contribution in [2.45, 2.75) is 6.42 Å². The van der Waals surface area contributed by atoms with E-state index in [0.717, 1.165) is 11.5 Å². The van der Waals surface area contributed by atoms with Crippen LogP contribution in [0.1, 0.15) is 6.42 Å². The molecule has 9 heavy (non-hydrogen) atoms. The monoisotopic (exact) mass is 157 g/mol. The van der Waals surface area contributed by atoms with Crippen molar-refractivity contribution in [1.29, 1.82) is 0 Å². The maximum atomic E-state index is 5.05. The molecule has 1 nitrogen and oxygen atoms in total. The van der Waals surface area contributed by atoms with Crippen LogP contribution >= 0.6 is 0 Å². The average molecular weight is 157 g/mol. The van der Waals surface area contributed by atoms with Crippen LogP contribution in [0, 0.1) is 0 Å². The van der Waals surface area contributed by atoms with E-state index < -0.39 is 0 Å². The molecule has 1 aliphatic rings. The van der Waals surface area contributed by atoms with E-state index in [1.807, 2.05) is 11.5 Å². The molecule has 0 aromatic carbocycles. The predicted molar refractivity (Wildman–Crippen MR) is 46.1 cm³/mol. The van der Waals surface area contributed by atoms with Crippen LogP contribution in [-0.4, -0.2) is 5.04 Å². The molecule has 1 rings (SSSR count). The molecule has 0 saturated heterocycles. The summed E-state index contributed by atoms with van der Waals surface area (Å²) >= 11 is 5.05. The Morgan fingerprint density at radius 3 is 3.11 bits per heavy atom. The molecular formula is C6H7NS2. The van der Waals surface area contributed by atoms with Gasteiger partial charge in [-0.2, -0.15) is 0 Å². The van der Waals surface area contributed by atoms with Gasteiger partial charge in [0.15, 0.2) is 0 Å². The largest absolute Gasteiger partial charge is 0.253 e. The summed E-state index contributed by atoms with van der Waals surface area (Å²) in [5, 5.41) is 3.01.